The largest absolute Gasteiger partial charge is 0.360 e. The van der Waals surface area contributed by atoms with Crippen molar-refractivity contribution in [3.05, 3.63) is 12.4 Å². The van der Waals surface area contributed by atoms with Crippen LogP contribution in [0.1, 0.15) is 19.8 Å². The molecule has 6 nitrogen and oxygen atoms in total. The topological polar surface area (TPSA) is 38.7 Å². The van der Waals surface area contributed by atoms with E-state index < -0.39 is 0 Å². The Morgan fingerprint density at radius 3 is 2.25 bits per heavy atom. The Hall–Kier alpha value is -1.40. The van der Waals surface area contributed by atoms with Gasteiger partial charge in [-0.1, -0.05) is 0 Å². The maximum Gasteiger partial charge on any atom is 0.171 e. The predicted octanol–water partition coefficient (Wildman–Crippen LogP) is 1.39. The average Bonchev–Trinajstić information content (AvgIpc) is 2.62. The number of piperazine rings is 1. The SMILES string of the molecule is C[C@@H](C1CCN(c2nccnc2N(C)C)CC1)N1CCN(C)CC1. The van der Waals surface area contributed by atoms with E-state index in [-0.39, 0.29) is 0 Å². The first-order valence-corrected chi connectivity index (χ1v) is 9.22. The lowest BCUT2D eigenvalue weighted by atomic mass is 9.89. The van der Waals surface area contributed by atoms with Gasteiger partial charge in [0.2, 0.25) is 0 Å². The summed E-state index contributed by atoms with van der Waals surface area (Å²) in [7, 11) is 6.30. The van der Waals surface area contributed by atoms with Crippen molar-refractivity contribution in [1.82, 2.24) is 19.8 Å². The molecule has 134 valence electrons. The van der Waals surface area contributed by atoms with Gasteiger partial charge in [-0.3, -0.25) is 4.90 Å². The minimum atomic E-state index is 0.691. The fourth-order valence-corrected chi connectivity index (χ4v) is 3.98. The van der Waals surface area contributed by atoms with Gasteiger partial charge in [0.1, 0.15) is 0 Å². The first-order chi connectivity index (χ1) is 11.6. The molecule has 0 spiro atoms. The molecule has 0 N–H and O–H groups in total. The molecule has 24 heavy (non-hydrogen) atoms. The Kier molecular flexibility index (Phi) is 5.56. The van der Waals surface area contributed by atoms with Crippen LogP contribution in [-0.4, -0.2) is 86.2 Å². The van der Waals surface area contributed by atoms with Crippen molar-refractivity contribution < 1.29 is 0 Å². The van der Waals surface area contributed by atoms with E-state index in [4.69, 9.17) is 0 Å². The Morgan fingerprint density at radius 1 is 1.00 bits per heavy atom. The highest BCUT2D eigenvalue weighted by atomic mass is 15.3. The molecule has 0 bridgehead atoms. The van der Waals surface area contributed by atoms with Crippen molar-refractivity contribution in [2.45, 2.75) is 25.8 Å². The van der Waals surface area contributed by atoms with Crippen LogP contribution < -0.4 is 9.80 Å². The third-order valence-corrected chi connectivity index (χ3v) is 5.72. The molecule has 3 heterocycles. The van der Waals surface area contributed by atoms with Crippen LogP contribution in [0.3, 0.4) is 0 Å². The molecule has 1 aromatic rings. The van der Waals surface area contributed by atoms with Crippen molar-refractivity contribution in [3.63, 3.8) is 0 Å². The summed E-state index contributed by atoms with van der Waals surface area (Å²) in [5, 5.41) is 0. The normalized spacial score (nSPS) is 22.6. The fourth-order valence-electron chi connectivity index (χ4n) is 3.98. The highest BCUT2D eigenvalue weighted by molar-refractivity contribution is 5.61. The smallest absolute Gasteiger partial charge is 0.171 e. The van der Waals surface area contributed by atoms with Crippen molar-refractivity contribution in [2.24, 2.45) is 5.92 Å². The van der Waals surface area contributed by atoms with Gasteiger partial charge in [0.25, 0.3) is 0 Å². The molecule has 3 rings (SSSR count). The zero-order valence-corrected chi connectivity index (χ0v) is 15.6. The van der Waals surface area contributed by atoms with E-state index in [0.29, 0.717) is 6.04 Å². The van der Waals surface area contributed by atoms with Crippen LogP contribution in [0.15, 0.2) is 12.4 Å². The van der Waals surface area contributed by atoms with Crippen molar-refractivity contribution >= 4 is 11.6 Å². The third kappa shape index (κ3) is 3.81. The second kappa shape index (κ2) is 7.66. The summed E-state index contributed by atoms with van der Waals surface area (Å²) in [5.74, 6) is 2.81. The van der Waals surface area contributed by atoms with Crippen LogP contribution in [0.5, 0.6) is 0 Å². The molecular formula is C18H32N6. The van der Waals surface area contributed by atoms with Crippen molar-refractivity contribution in [2.75, 3.05) is 70.2 Å². The van der Waals surface area contributed by atoms with Gasteiger partial charge >= 0.3 is 0 Å². The van der Waals surface area contributed by atoms with E-state index in [0.717, 1.165) is 30.6 Å². The molecule has 0 amide bonds. The van der Waals surface area contributed by atoms with E-state index in [9.17, 15) is 0 Å². The summed E-state index contributed by atoms with van der Waals surface area (Å²) in [5.41, 5.74) is 0. The molecule has 0 aliphatic carbocycles. The molecule has 2 saturated heterocycles. The van der Waals surface area contributed by atoms with Crippen LogP contribution in [0.25, 0.3) is 0 Å². The van der Waals surface area contributed by atoms with E-state index >= 15 is 0 Å². The first-order valence-electron chi connectivity index (χ1n) is 9.22. The van der Waals surface area contributed by atoms with E-state index in [2.05, 4.69) is 43.5 Å². The average molecular weight is 332 g/mol. The summed E-state index contributed by atoms with van der Waals surface area (Å²) in [6, 6.07) is 0.691. The number of anilines is 2. The molecule has 1 aromatic heterocycles. The van der Waals surface area contributed by atoms with Crippen LogP contribution in [0.2, 0.25) is 0 Å². The van der Waals surface area contributed by atoms with Gasteiger partial charge in [-0.05, 0) is 32.7 Å². The monoisotopic (exact) mass is 332 g/mol. The number of likely N-dealkylation sites (N-methyl/N-ethyl adjacent to an activating group) is 1. The number of nitrogens with zero attached hydrogens (tertiary/aromatic N) is 6. The Balaban J connectivity index is 1.58. The van der Waals surface area contributed by atoms with Gasteiger partial charge in [-0.15, -0.1) is 0 Å². The van der Waals surface area contributed by atoms with E-state index in [1.165, 1.54) is 39.0 Å². The number of aromatic nitrogens is 2. The molecule has 2 aliphatic heterocycles. The summed E-state index contributed by atoms with van der Waals surface area (Å²) in [6.07, 6.45) is 6.08. The standard InChI is InChI=1S/C18H32N6/c1-15(23-13-11-22(4)12-14-23)16-5-9-24(10-6-16)18-17(21(2)3)19-7-8-20-18/h7-8,15-16H,5-6,9-14H2,1-4H3/t15-/m0/s1. The molecule has 1 atom stereocenters. The minimum Gasteiger partial charge on any atom is -0.360 e. The maximum atomic E-state index is 4.60. The highest BCUT2D eigenvalue weighted by Crippen LogP contribution is 2.30. The highest BCUT2D eigenvalue weighted by Gasteiger charge is 2.30. The first kappa shape index (κ1) is 17.4. The quantitative estimate of drug-likeness (QED) is 0.830. The van der Waals surface area contributed by atoms with Gasteiger partial charge in [-0.25, -0.2) is 9.97 Å². The molecule has 0 radical (unpaired) electrons. The molecule has 2 fully saturated rings. The number of rotatable bonds is 4. The Labute approximate surface area is 146 Å². The lowest BCUT2D eigenvalue weighted by Crippen LogP contribution is -2.51. The number of hydrogen-bond donors (Lipinski definition) is 0. The third-order valence-electron chi connectivity index (χ3n) is 5.72. The van der Waals surface area contributed by atoms with Crippen LogP contribution in [0.4, 0.5) is 11.6 Å². The summed E-state index contributed by atoms with van der Waals surface area (Å²) in [4.78, 5) is 18.7. The lowest BCUT2D eigenvalue weighted by molar-refractivity contribution is 0.0813. The molecule has 6 heteroatoms. The number of piperidine rings is 1. The predicted molar refractivity (Wildman–Crippen MR) is 99.8 cm³/mol. The lowest BCUT2D eigenvalue weighted by Gasteiger charge is -2.43. The second-order valence-electron chi connectivity index (χ2n) is 7.50. The summed E-state index contributed by atoms with van der Waals surface area (Å²) >= 11 is 0. The Bertz CT molecular complexity index is 518. The van der Waals surface area contributed by atoms with Crippen LogP contribution in [-0.2, 0) is 0 Å². The molecular weight excluding hydrogens is 300 g/mol. The summed E-state index contributed by atoms with van der Waals surface area (Å²) in [6.45, 7) is 9.44. The van der Waals surface area contributed by atoms with E-state index in [1.807, 2.05) is 14.1 Å². The van der Waals surface area contributed by atoms with E-state index in [1.54, 1.807) is 12.4 Å². The summed E-state index contributed by atoms with van der Waals surface area (Å²) < 4.78 is 0. The zero-order valence-electron chi connectivity index (χ0n) is 15.6. The maximum absolute atomic E-state index is 4.60. The van der Waals surface area contributed by atoms with Gasteiger partial charge in [0, 0.05) is 71.8 Å². The minimum absolute atomic E-state index is 0.691. The van der Waals surface area contributed by atoms with Gasteiger partial charge in [0.05, 0.1) is 0 Å². The molecule has 0 saturated carbocycles. The van der Waals surface area contributed by atoms with Crippen molar-refractivity contribution in [3.8, 4) is 0 Å². The number of hydrogen-bond acceptors (Lipinski definition) is 6. The van der Waals surface area contributed by atoms with Crippen molar-refractivity contribution in [1.29, 1.82) is 0 Å². The zero-order chi connectivity index (χ0) is 17.1. The molecule has 0 aromatic carbocycles. The van der Waals surface area contributed by atoms with Gasteiger partial charge < -0.3 is 14.7 Å². The van der Waals surface area contributed by atoms with Gasteiger partial charge in [-0.2, -0.15) is 0 Å². The molecule has 0 unspecified atom stereocenters. The van der Waals surface area contributed by atoms with Crippen LogP contribution in [0, 0.1) is 5.92 Å². The van der Waals surface area contributed by atoms with Gasteiger partial charge in [0.15, 0.2) is 11.6 Å². The van der Waals surface area contributed by atoms with Crippen LogP contribution >= 0.6 is 0 Å². The second-order valence-corrected chi connectivity index (χ2v) is 7.50. The fraction of sp³-hybridized carbons (Fsp3) is 0.778. The molecule has 2 aliphatic rings. The Morgan fingerprint density at radius 2 is 1.62 bits per heavy atom.